The first-order valence-corrected chi connectivity index (χ1v) is 6.32. The van der Waals surface area contributed by atoms with Crippen molar-refractivity contribution >= 4 is 12.0 Å². The van der Waals surface area contributed by atoms with Crippen LogP contribution in [0.4, 0.5) is 4.79 Å². The van der Waals surface area contributed by atoms with Gasteiger partial charge in [-0.25, -0.2) is 9.59 Å². The minimum atomic E-state index is -1.03. The van der Waals surface area contributed by atoms with E-state index in [-0.39, 0.29) is 5.92 Å². The number of urea groups is 1. The molecule has 0 fully saturated rings. The Bertz CT molecular complexity index is 316. The molecule has 0 aromatic heterocycles. The number of carboxylic acids is 1. The normalized spacial score (nSPS) is 12.0. The second-order valence-corrected chi connectivity index (χ2v) is 4.93. The van der Waals surface area contributed by atoms with Crippen LogP contribution in [0.25, 0.3) is 0 Å². The van der Waals surface area contributed by atoms with E-state index < -0.39 is 18.0 Å². The lowest BCUT2D eigenvalue weighted by Gasteiger charge is -2.16. The van der Waals surface area contributed by atoms with Gasteiger partial charge in [-0.2, -0.15) is 0 Å². The number of nitrogens with one attached hydrogen (secondary N) is 2. The maximum atomic E-state index is 11.5. The molecule has 0 radical (unpaired) electrons. The number of hydrogen-bond acceptors (Lipinski definition) is 3. The molecule has 2 amide bonds. The van der Waals surface area contributed by atoms with Gasteiger partial charge in [0.05, 0.1) is 13.2 Å². The third kappa shape index (κ3) is 10.1. The Morgan fingerprint density at radius 1 is 1.37 bits per heavy atom. The van der Waals surface area contributed by atoms with E-state index in [0.717, 1.165) is 5.57 Å². The van der Waals surface area contributed by atoms with Crippen molar-refractivity contribution in [2.75, 3.05) is 19.8 Å². The van der Waals surface area contributed by atoms with E-state index in [2.05, 4.69) is 17.2 Å². The molecule has 0 aliphatic carbocycles. The number of rotatable bonds is 9. The summed E-state index contributed by atoms with van der Waals surface area (Å²) in [5, 5.41) is 13.9. The molecule has 0 saturated heterocycles. The van der Waals surface area contributed by atoms with Crippen LogP contribution in [0.2, 0.25) is 0 Å². The van der Waals surface area contributed by atoms with E-state index in [0.29, 0.717) is 26.2 Å². The van der Waals surface area contributed by atoms with E-state index in [9.17, 15) is 9.59 Å². The summed E-state index contributed by atoms with van der Waals surface area (Å²) in [7, 11) is 0. The molecule has 0 unspecified atom stereocenters. The van der Waals surface area contributed by atoms with Gasteiger partial charge in [-0.15, -0.1) is 0 Å². The van der Waals surface area contributed by atoms with Gasteiger partial charge < -0.3 is 20.5 Å². The molecule has 0 heterocycles. The SMILES string of the molecule is C=C(C)COCCNC(=O)N[C@H](CC(C)C)C(=O)O. The van der Waals surface area contributed by atoms with Crippen LogP contribution in [-0.2, 0) is 9.53 Å². The standard InChI is InChI=1S/C13H24N2O4/c1-9(2)7-11(12(16)17)15-13(18)14-5-6-19-8-10(3)4/h9,11H,3,5-8H2,1-2,4H3,(H,16,17)(H2,14,15,18)/t11-/m1/s1. The lowest BCUT2D eigenvalue weighted by Crippen LogP contribution is -2.47. The van der Waals surface area contributed by atoms with E-state index in [1.54, 1.807) is 0 Å². The lowest BCUT2D eigenvalue weighted by molar-refractivity contribution is -0.139. The molecular formula is C13H24N2O4. The average molecular weight is 272 g/mol. The molecule has 3 N–H and O–H groups in total. The molecular weight excluding hydrogens is 248 g/mol. The van der Waals surface area contributed by atoms with Gasteiger partial charge in [0.25, 0.3) is 0 Å². The lowest BCUT2D eigenvalue weighted by atomic mass is 10.0. The summed E-state index contributed by atoms with van der Waals surface area (Å²) in [4.78, 5) is 22.4. The topological polar surface area (TPSA) is 87.7 Å². The molecule has 0 saturated carbocycles. The molecule has 6 heteroatoms. The highest BCUT2D eigenvalue weighted by Gasteiger charge is 2.20. The second-order valence-electron chi connectivity index (χ2n) is 4.93. The van der Waals surface area contributed by atoms with Crippen molar-refractivity contribution in [3.63, 3.8) is 0 Å². The summed E-state index contributed by atoms with van der Waals surface area (Å²) >= 11 is 0. The molecule has 0 rings (SSSR count). The highest BCUT2D eigenvalue weighted by molar-refractivity contribution is 5.82. The third-order valence-corrected chi connectivity index (χ3v) is 2.19. The molecule has 0 spiro atoms. The third-order valence-electron chi connectivity index (χ3n) is 2.19. The number of carboxylic acid groups (broad SMARTS) is 1. The zero-order valence-corrected chi connectivity index (χ0v) is 11.9. The van der Waals surface area contributed by atoms with Gasteiger partial charge in [0.15, 0.2) is 0 Å². The summed E-state index contributed by atoms with van der Waals surface area (Å²) in [6.45, 7) is 10.5. The number of hydrogen-bond donors (Lipinski definition) is 3. The Hall–Kier alpha value is -1.56. The van der Waals surface area contributed by atoms with E-state index in [1.165, 1.54) is 0 Å². The zero-order chi connectivity index (χ0) is 14.8. The summed E-state index contributed by atoms with van der Waals surface area (Å²) in [5.74, 6) is -0.831. The molecule has 0 aromatic rings. The smallest absolute Gasteiger partial charge is 0.326 e. The number of ether oxygens (including phenoxy) is 1. The Morgan fingerprint density at radius 3 is 2.47 bits per heavy atom. The minimum Gasteiger partial charge on any atom is -0.480 e. The van der Waals surface area contributed by atoms with Gasteiger partial charge in [0.1, 0.15) is 6.04 Å². The molecule has 0 aromatic carbocycles. The molecule has 6 nitrogen and oxygen atoms in total. The number of carbonyl (C=O) groups is 2. The van der Waals surface area contributed by atoms with Crippen LogP contribution in [0.15, 0.2) is 12.2 Å². The predicted molar refractivity (Wildman–Crippen MR) is 73.0 cm³/mol. The molecule has 19 heavy (non-hydrogen) atoms. The van der Waals surface area contributed by atoms with Gasteiger partial charge in [-0.05, 0) is 19.3 Å². The Morgan fingerprint density at radius 2 is 2.00 bits per heavy atom. The molecule has 110 valence electrons. The molecule has 0 aliphatic heterocycles. The van der Waals surface area contributed by atoms with Gasteiger partial charge in [-0.1, -0.05) is 26.0 Å². The van der Waals surface area contributed by atoms with Crippen molar-refractivity contribution in [3.8, 4) is 0 Å². The van der Waals surface area contributed by atoms with Crippen LogP contribution < -0.4 is 10.6 Å². The monoisotopic (exact) mass is 272 g/mol. The maximum absolute atomic E-state index is 11.5. The number of carbonyl (C=O) groups excluding carboxylic acids is 1. The zero-order valence-electron chi connectivity index (χ0n) is 11.9. The van der Waals surface area contributed by atoms with Gasteiger partial charge in [0.2, 0.25) is 0 Å². The first-order valence-electron chi connectivity index (χ1n) is 6.32. The van der Waals surface area contributed by atoms with Crippen LogP contribution in [0.3, 0.4) is 0 Å². The van der Waals surface area contributed by atoms with E-state index >= 15 is 0 Å². The van der Waals surface area contributed by atoms with E-state index in [1.807, 2.05) is 20.8 Å². The predicted octanol–water partition coefficient (Wildman–Crippen LogP) is 1.38. The fraction of sp³-hybridized carbons (Fsp3) is 0.692. The van der Waals surface area contributed by atoms with Crippen molar-refractivity contribution in [1.82, 2.24) is 10.6 Å². The fourth-order valence-corrected chi connectivity index (χ4v) is 1.39. The van der Waals surface area contributed by atoms with Crippen LogP contribution >= 0.6 is 0 Å². The molecule has 1 atom stereocenters. The van der Waals surface area contributed by atoms with Crippen molar-refractivity contribution in [2.45, 2.75) is 33.2 Å². The molecule has 0 aliphatic rings. The minimum absolute atomic E-state index is 0.195. The van der Waals surface area contributed by atoms with Gasteiger partial charge >= 0.3 is 12.0 Å². The number of amides is 2. The van der Waals surface area contributed by atoms with Crippen molar-refractivity contribution in [2.24, 2.45) is 5.92 Å². The Kier molecular flexibility index (Phi) is 8.61. The average Bonchev–Trinajstić information content (AvgIpc) is 2.26. The van der Waals surface area contributed by atoms with Gasteiger partial charge in [-0.3, -0.25) is 0 Å². The highest BCUT2D eigenvalue weighted by atomic mass is 16.5. The van der Waals surface area contributed by atoms with Crippen molar-refractivity contribution < 1.29 is 19.4 Å². The first kappa shape index (κ1) is 17.4. The second kappa shape index (κ2) is 9.38. The van der Waals surface area contributed by atoms with Gasteiger partial charge in [0, 0.05) is 6.54 Å². The summed E-state index contributed by atoms with van der Waals surface area (Å²) < 4.78 is 5.20. The van der Waals surface area contributed by atoms with Crippen LogP contribution in [-0.4, -0.2) is 42.9 Å². The summed E-state index contributed by atoms with van der Waals surface area (Å²) in [6.07, 6.45) is 0.398. The fourth-order valence-electron chi connectivity index (χ4n) is 1.39. The van der Waals surface area contributed by atoms with Crippen molar-refractivity contribution in [1.29, 1.82) is 0 Å². The van der Waals surface area contributed by atoms with E-state index in [4.69, 9.17) is 9.84 Å². The molecule has 0 bridgehead atoms. The first-order chi connectivity index (χ1) is 8.82. The summed E-state index contributed by atoms with van der Waals surface area (Å²) in [6, 6.07) is -1.36. The van der Waals surface area contributed by atoms with Crippen LogP contribution in [0.5, 0.6) is 0 Å². The number of aliphatic carboxylic acids is 1. The highest BCUT2D eigenvalue weighted by Crippen LogP contribution is 2.04. The Balaban J connectivity index is 3.87. The largest absolute Gasteiger partial charge is 0.480 e. The quantitative estimate of drug-likeness (QED) is 0.437. The Labute approximate surface area is 114 Å². The maximum Gasteiger partial charge on any atom is 0.326 e. The van der Waals surface area contributed by atoms with Crippen LogP contribution in [0, 0.1) is 5.92 Å². The van der Waals surface area contributed by atoms with Crippen LogP contribution in [0.1, 0.15) is 27.2 Å². The van der Waals surface area contributed by atoms with Crippen molar-refractivity contribution in [3.05, 3.63) is 12.2 Å². The summed E-state index contributed by atoms with van der Waals surface area (Å²) in [5.41, 5.74) is 0.910.